The first kappa shape index (κ1) is 13.5. The van der Waals surface area contributed by atoms with E-state index in [-0.39, 0.29) is 0 Å². The molecule has 0 atom stereocenters. The zero-order chi connectivity index (χ0) is 14.1. The highest BCUT2D eigenvalue weighted by Gasteiger charge is 2.19. The van der Waals surface area contributed by atoms with Gasteiger partial charge in [0.1, 0.15) is 5.75 Å². The number of halogens is 1. The number of benzene rings is 2. The maximum Gasteiger partial charge on any atom is 0.120 e. The average molecular weight is 333 g/mol. The Labute approximate surface area is 127 Å². The molecule has 104 valence electrons. The molecule has 1 aliphatic rings. The smallest absolute Gasteiger partial charge is 0.120 e. The summed E-state index contributed by atoms with van der Waals surface area (Å²) >= 11 is 3.45. The first-order valence-corrected chi connectivity index (χ1v) is 7.49. The number of nitrogen functional groups attached to an aromatic ring is 1. The zero-order valence-corrected chi connectivity index (χ0v) is 12.7. The monoisotopic (exact) mass is 332 g/mol. The molecule has 0 bridgehead atoms. The molecule has 0 aliphatic carbocycles. The van der Waals surface area contributed by atoms with Gasteiger partial charge in [0.2, 0.25) is 0 Å². The van der Waals surface area contributed by atoms with E-state index < -0.39 is 0 Å². The van der Waals surface area contributed by atoms with E-state index in [1.54, 1.807) is 6.07 Å². The normalized spacial score (nSPS) is 15.1. The number of hydrogen-bond donors (Lipinski definition) is 2. The molecule has 0 saturated heterocycles. The second kappa shape index (κ2) is 5.46. The van der Waals surface area contributed by atoms with Gasteiger partial charge in [-0.05, 0) is 41.8 Å². The van der Waals surface area contributed by atoms with Crippen molar-refractivity contribution in [2.75, 3.05) is 12.3 Å². The number of nitrogens with two attached hydrogens (primary N) is 1. The minimum atomic E-state index is 0.347. The maximum atomic E-state index is 9.94. The molecule has 0 aromatic heterocycles. The Kier molecular flexibility index (Phi) is 3.68. The molecular weight excluding hydrogens is 316 g/mol. The first-order chi connectivity index (χ1) is 9.63. The Bertz CT molecular complexity index is 642. The summed E-state index contributed by atoms with van der Waals surface area (Å²) in [6, 6.07) is 11.7. The zero-order valence-electron chi connectivity index (χ0n) is 11.1. The van der Waals surface area contributed by atoms with Gasteiger partial charge in [0, 0.05) is 35.4 Å². The lowest BCUT2D eigenvalue weighted by molar-refractivity contribution is 0.243. The Morgan fingerprint density at radius 2 is 2.10 bits per heavy atom. The Balaban J connectivity index is 1.81. The summed E-state index contributed by atoms with van der Waals surface area (Å²) in [4.78, 5) is 2.32. The van der Waals surface area contributed by atoms with Crippen LogP contribution in [0.15, 0.2) is 40.9 Å². The summed E-state index contributed by atoms with van der Waals surface area (Å²) in [5.74, 6) is 0.347. The minimum Gasteiger partial charge on any atom is -0.508 e. The molecule has 2 aromatic rings. The predicted molar refractivity (Wildman–Crippen MR) is 84.5 cm³/mol. The highest BCUT2D eigenvalue weighted by molar-refractivity contribution is 9.10. The van der Waals surface area contributed by atoms with Crippen LogP contribution >= 0.6 is 15.9 Å². The van der Waals surface area contributed by atoms with Crippen molar-refractivity contribution in [2.24, 2.45) is 0 Å². The fraction of sp³-hybridized carbons (Fsp3) is 0.250. The van der Waals surface area contributed by atoms with Crippen LogP contribution in [0, 0.1) is 0 Å². The van der Waals surface area contributed by atoms with Crippen LogP contribution in [-0.4, -0.2) is 16.6 Å². The van der Waals surface area contributed by atoms with Gasteiger partial charge in [0.15, 0.2) is 0 Å². The topological polar surface area (TPSA) is 49.5 Å². The van der Waals surface area contributed by atoms with Gasteiger partial charge in [-0.1, -0.05) is 28.1 Å². The molecule has 3 rings (SSSR count). The largest absolute Gasteiger partial charge is 0.508 e. The molecule has 1 heterocycles. The van der Waals surface area contributed by atoms with E-state index in [1.807, 2.05) is 24.3 Å². The molecule has 4 heteroatoms. The van der Waals surface area contributed by atoms with E-state index in [4.69, 9.17) is 5.73 Å². The van der Waals surface area contributed by atoms with Crippen molar-refractivity contribution in [3.05, 3.63) is 57.6 Å². The van der Waals surface area contributed by atoms with Crippen LogP contribution in [0.25, 0.3) is 0 Å². The van der Waals surface area contributed by atoms with E-state index >= 15 is 0 Å². The van der Waals surface area contributed by atoms with Gasteiger partial charge in [0.25, 0.3) is 0 Å². The summed E-state index contributed by atoms with van der Waals surface area (Å²) in [5, 5.41) is 9.94. The van der Waals surface area contributed by atoms with Crippen LogP contribution in [0.5, 0.6) is 5.75 Å². The van der Waals surface area contributed by atoms with E-state index in [2.05, 4.69) is 26.9 Å². The molecule has 0 spiro atoms. The standard InChI is InChI=1S/C16H17BrN2O/c17-13-4-5-16(20)12(8-13)9-19-7-6-11-2-1-3-15(18)14(11)10-19/h1-5,8,20H,6-7,9-10,18H2. The van der Waals surface area contributed by atoms with Gasteiger partial charge in [-0.25, -0.2) is 0 Å². The van der Waals surface area contributed by atoms with Crippen molar-refractivity contribution in [3.63, 3.8) is 0 Å². The molecule has 1 aliphatic heterocycles. The lowest BCUT2D eigenvalue weighted by Crippen LogP contribution is -2.30. The number of anilines is 1. The molecule has 3 nitrogen and oxygen atoms in total. The number of hydrogen-bond acceptors (Lipinski definition) is 3. The molecule has 20 heavy (non-hydrogen) atoms. The van der Waals surface area contributed by atoms with Crippen molar-refractivity contribution in [1.29, 1.82) is 0 Å². The number of rotatable bonds is 2. The van der Waals surface area contributed by atoms with E-state index in [9.17, 15) is 5.11 Å². The highest BCUT2D eigenvalue weighted by Crippen LogP contribution is 2.28. The van der Waals surface area contributed by atoms with Crippen LogP contribution in [-0.2, 0) is 19.5 Å². The third-order valence-corrected chi connectivity index (χ3v) is 4.32. The third kappa shape index (κ3) is 2.67. The predicted octanol–water partition coefficient (Wildman–Crippen LogP) is 3.30. The average Bonchev–Trinajstić information content (AvgIpc) is 2.44. The van der Waals surface area contributed by atoms with Crippen LogP contribution in [0.3, 0.4) is 0 Å². The maximum absolute atomic E-state index is 9.94. The van der Waals surface area contributed by atoms with Crippen molar-refractivity contribution < 1.29 is 5.11 Å². The molecule has 3 N–H and O–H groups in total. The first-order valence-electron chi connectivity index (χ1n) is 6.69. The lowest BCUT2D eigenvalue weighted by atomic mass is 9.98. The van der Waals surface area contributed by atoms with Gasteiger partial charge in [0.05, 0.1) is 0 Å². The van der Waals surface area contributed by atoms with Crippen molar-refractivity contribution in [2.45, 2.75) is 19.5 Å². The van der Waals surface area contributed by atoms with Gasteiger partial charge < -0.3 is 10.8 Å². The molecule has 0 radical (unpaired) electrons. The quantitative estimate of drug-likeness (QED) is 0.829. The van der Waals surface area contributed by atoms with E-state index in [0.717, 1.165) is 41.8 Å². The lowest BCUT2D eigenvalue weighted by Gasteiger charge is -2.29. The summed E-state index contributed by atoms with van der Waals surface area (Å²) < 4.78 is 0.988. The van der Waals surface area contributed by atoms with E-state index in [1.165, 1.54) is 11.1 Å². The van der Waals surface area contributed by atoms with Crippen LogP contribution < -0.4 is 5.73 Å². The SMILES string of the molecule is Nc1cccc2c1CN(Cc1cc(Br)ccc1O)CC2. The Hall–Kier alpha value is -1.52. The number of fused-ring (bicyclic) bond motifs is 1. The van der Waals surface area contributed by atoms with E-state index in [0.29, 0.717) is 5.75 Å². The molecular formula is C16H17BrN2O. The molecule has 0 unspecified atom stereocenters. The fourth-order valence-electron chi connectivity index (χ4n) is 2.72. The van der Waals surface area contributed by atoms with Crippen molar-refractivity contribution >= 4 is 21.6 Å². The second-order valence-corrected chi connectivity index (χ2v) is 6.13. The number of nitrogens with zero attached hydrogens (tertiary/aromatic N) is 1. The minimum absolute atomic E-state index is 0.347. The van der Waals surface area contributed by atoms with Gasteiger partial charge in [-0.15, -0.1) is 0 Å². The van der Waals surface area contributed by atoms with Crippen LogP contribution in [0.4, 0.5) is 5.69 Å². The third-order valence-electron chi connectivity index (χ3n) is 3.82. The van der Waals surface area contributed by atoms with Gasteiger partial charge in [-0.2, -0.15) is 0 Å². The number of aromatic hydroxyl groups is 1. The Morgan fingerprint density at radius 3 is 2.95 bits per heavy atom. The highest BCUT2D eigenvalue weighted by atomic mass is 79.9. The van der Waals surface area contributed by atoms with Crippen molar-refractivity contribution in [3.8, 4) is 5.75 Å². The number of phenolic OH excluding ortho intramolecular Hbond substituents is 1. The molecule has 2 aromatic carbocycles. The molecule has 0 saturated carbocycles. The summed E-state index contributed by atoms with van der Waals surface area (Å²) in [6.45, 7) is 2.56. The summed E-state index contributed by atoms with van der Waals surface area (Å²) in [7, 11) is 0. The number of phenols is 1. The molecule has 0 amide bonds. The summed E-state index contributed by atoms with van der Waals surface area (Å²) in [6.07, 6.45) is 1.01. The molecule has 0 fully saturated rings. The van der Waals surface area contributed by atoms with Crippen LogP contribution in [0.2, 0.25) is 0 Å². The van der Waals surface area contributed by atoms with Crippen LogP contribution in [0.1, 0.15) is 16.7 Å². The van der Waals surface area contributed by atoms with Gasteiger partial charge >= 0.3 is 0 Å². The summed E-state index contributed by atoms with van der Waals surface area (Å²) in [5.41, 5.74) is 10.5. The van der Waals surface area contributed by atoms with Crippen molar-refractivity contribution in [1.82, 2.24) is 4.90 Å². The van der Waals surface area contributed by atoms with Gasteiger partial charge in [-0.3, -0.25) is 4.90 Å². The second-order valence-electron chi connectivity index (χ2n) is 5.22. The fourth-order valence-corrected chi connectivity index (χ4v) is 3.13. The Morgan fingerprint density at radius 1 is 1.25 bits per heavy atom.